The molecular weight excluding hydrogens is 477 g/mol. The number of carboxylic acid groups (broad SMARTS) is 1. The molecule has 178 valence electrons. The topological polar surface area (TPSA) is 99.8 Å². The third-order valence-corrected chi connectivity index (χ3v) is 7.45. The lowest BCUT2D eigenvalue weighted by molar-refractivity contribution is 0.0691. The van der Waals surface area contributed by atoms with E-state index in [4.69, 9.17) is 28.2 Å². The van der Waals surface area contributed by atoms with Crippen molar-refractivity contribution in [1.82, 2.24) is 14.4 Å². The van der Waals surface area contributed by atoms with E-state index in [0.717, 1.165) is 13.1 Å². The predicted octanol–water partition coefficient (Wildman–Crippen LogP) is 4.96. The van der Waals surface area contributed by atoms with Gasteiger partial charge in [0.1, 0.15) is 16.6 Å². The van der Waals surface area contributed by atoms with Crippen LogP contribution in [0.1, 0.15) is 60.3 Å². The maximum Gasteiger partial charge on any atom is 0.356 e. The highest BCUT2D eigenvalue weighted by atomic mass is 35.5. The fourth-order valence-electron chi connectivity index (χ4n) is 5.31. The standard InChI is InChI=1S/C24H25Cl2N5O3/c1-13-20(30-11-24(12-30)7-3-4-8-24)29-21-16(9-15(25)10-31(21)22(13)32)14(2)27-17-5-6-18(26)28-19(17)23(33)34/h5-6,9-10,14,27H,3-4,7-8,11-12H2,1-2H3,(H,33,34)/t14-/m1/s1. The van der Waals surface area contributed by atoms with E-state index >= 15 is 0 Å². The molecule has 1 atom stereocenters. The second kappa shape index (κ2) is 8.43. The van der Waals surface area contributed by atoms with E-state index in [2.05, 4.69) is 15.2 Å². The molecule has 1 spiro atoms. The number of pyridine rings is 2. The Bertz CT molecular complexity index is 1360. The van der Waals surface area contributed by atoms with E-state index in [-0.39, 0.29) is 16.4 Å². The molecule has 0 aromatic carbocycles. The maximum atomic E-state index is 13.3. The van der Waals surface area contributed by atoms with Crippen LogP contribution in [0.4, 0.5) is 11.5 Å². The summed E-state index contributed by atoms with van der Waals surface area (Å²) in [5, 5.41) is 13.2. The highest BCUT2D eigenvalue weighted by Crippen LogP contribution is 2.47. The Labute approximate surface area is 206 Å². The van der Waals surface area contributed by atoms with Crippen molar-refractivity contribution in [1.29, 1.82) is 0 Å². The summed E-state index contributed by atoms with van der Waals surface area (Å²) in [5.41, 5.74) is 2.08. The van der Waals surface area contributed by atoms with Crippen molar-refractivity contribution < 1.29 is 9.90 Å². The summed E-state index contributed by atoms with van der Waals surface area (Å²) in [7, 11) is 0. The highest BCUT2D eigenvalue weighted by molar-refractivity contribution is 6.30. The molecule has 0 bridgehead atoms. The van der Waals surface area contributed by atoms with Crippen LogP contribution in [0.2, 0.25) is 10.2 Å². The number of nitrogens with one attached hydrogen (secondary N) is 1. The Morgan fingerprint density at radius 2 is 1.91 bits per heavy atom. The van der Waals surface area contributed by atoms with Gasteiger partial charge in [0.05, 0.1) is 22.3 Å². The number of anilines is 2. The third kappa shape index (κ3) is 3.88. The van der Waals surface area contributed by atoms with E-state index in [1.807, 2.05) is 6.92 Å². The molecule has 10 heteroatoms. The summed E-state index contributed by atoms with van der Waals surface area (Å²) in [5.74, 6) is -0.489. The van der Waals surface area contributed by atoms with Crippen molar-refractivity contribution in [2.75, 3.05) is 23.3 Å². The van der Waals surface area contributed by atoms with E-state index < -0.39 is 12.0 Å². The normalized spacial score (nSPS) is 17.7. The fraction of sp³-hybridized carbons (Fsp3) is 0.417. The monoisotopic (exact) mass is 501 g/mol. The van der Waals surface area contributed by atoms with Crippen LogP contribution in [0.3, 0.4) is 0 Å². The minimum Gasteiger partial charge on any atom is -0.476 e. The van der Waals surface area contributed by atoms with Crippen LogP contribution in [0.15, 0.2) is 29.2 Å². The van der Waals surface area contributed by atoms with Gasteiger partial charge in [-0.2, -0.15) is 0 Å². The lowest BCUT2D eigenvalue weighted by Crippen LogP contribution is -2.56. The van der Waals surface area contributed by atoms with Crippen molar-refractivity contribution in [2.45, 2.75) is 45.6 Å². The first kappa shape index (κ1) is 22.9. The van der Waals surface area contributed by atoms with Gasteiger partial charge in [0.15, 0.2) is 5.69 Å². The number of nitrogens with zero attached hydrogens (tertiary/aromatic N) is 4. The molecule has 1 aliphatic heterocycles. The molecular formula is C24H25Cl2N5O3. The van der Waals surface area contributed by atoms with Crippen LogP contribution in [-0.2, 0) is 0 Å². The molecule has 2 aliphatic rings. The summed E-state index contributed by atoms with van der Waals surface area (Å²) in [6.07, 6.45) is 6.57. The van der Waals surface area contributed by atoms with Gasteiger partial charge < -0.3 is 15.3 Å². The Hall–Kier alpha value is -2.84. The van der Waals surface area contributed by atoms with Crippen LogP contribution >= 0.6 is 23.2 Å². The quantitative estimate of drug-likeness (QED) is 0.476. The molecule has 2 N–H and O–H groups in total. The SMILES string of the molecule is Cc1c(N2CC3(CCCC3)C2)nc2c([C@@H](C)Nc3ccc(Cl)nc3C(=O)O)cc(Cl)cn2c1=O. The molecule has 0 amide bonds. The fourth-order valence-corrected chi connectivity index (χ4v) is 5.68. The number of carbonyl (C=O) groups is 1. The first-order valence-electron chi connectivity index (χ1n) is 11.3. The number of carboxylic acids is 1. The Morgan fingerprint density at radius 3 is 2.59 bits per heavy atom. The zero-order chi connectivity index (χ0) is 24.2. The Kier molecular flexibility index (Phi) is 5.68. The molecule has 2 fully saturated rings. The molecule has 8 nitrogen and oxygen atoms in total. The lowest BCUT2D eigenvalue weighted by atomic mass is 9.78. The van der Waals surface area contributed by atoms with Gasteiger partial charge in [0, 0.05) is 30.3 Å². The van der Waals surface area contributed by atoms with Gasteiger partial charge in [-0.1, -0.05) is 36.0 Å². The highest BCUT2D eigenvalue weighted by Gasteiger charge is 2.45. The van der Waals surface area contributed by atoms with Gasteiger partial charge in [-0.25, -0.2) is 14.8 Å². The van der Waals surface area contributed by atoms with Gasteiger partial charge in [-0.15, -0.1) is 0 Å². The molecule has 1 saturated carbocycles. The van der Waals surface area contributed by atoms with E-state index in [1.165, 1.54) is 36.2 Å². The minimum absolute atomic E-state index is 0.0896. The van der Waals surface area contributed by atoms with Crippen molar-refractivity contribution in [3.05, 3.63) is 61.7 Å². The Morgan fingerprint density at radius 1 is 1.21 bits per heavy atom. The average molecular weight is 502 g/mol. The molecule has 0 unspecified atom stereocenters. The van der Waals surface area contributed by atoms with Gasteiger partial charge in [0.25, 0.3) is 5.56 Å². The first-order valence-corrected chi connectivity index (χ1v) is 12.1. The molecule has 3 aromatic rings. The van der Waals surface area contributed by atoms with Crippen LogP contribution in [-0.4, -0.2) is 38.5 Å². The molecule has 1 aliphatic carbocycles. The second-order valence-electron chi connectivity index (χ2n) is 9.44. The molecule has 34 heavy (non-hydrogen) atoms. The maximum absolute atomic E-state index is 13.3. The number of halogens is 2. The molecule has 1 saturated heterocycles. The van der Waals surface area contributed by atoms with Crippen LogP contribution in [0.25, 0.3) is 5.65 Å². The van der Waals surface area contributed by atoms with Gasteiger partial charge in [-0.05, 0) is 44.9 Å². The molecule has 5 rings (SSSR count). The second-order valence-corrected chi connectivity index (χ2v) is 10.3. The largest absolute Gasteiger partial charge is 0.476 e. The van der Waals surface area contributed by atoms with Crippen molar-refractivity contribution >= 4 is 46.3 Å². The van der Waals surface area contributed by atoms with Crippen LogP contribution in [0.5, 0.6) is 0 Å². The third-order valence-electron chi connectivity index (χ3n) is 7.04. The van der Waals surface area contributed by atoms with Gasteiger partial charge in [0.2, 0.25) is 0 Å². The zero-order valence-corrected chi connectivity index (χ0v) is 20.4. The minimum atomic E-state index is -1.20. The molecule has 4 heterocycles. The summed E-state index contributed by atoms with van der Waals surface area (Å²) < 4.78 is 1.47. The van der Waals surface area contributed by atoms with Crippen molar-refractivity contribution in [3.63, 3.8) is 0 Å². The van der Waals surface area contributed by atoms with Gasteiger partial charge >= 0.3 is 5.97 Å². The number of fused-ring (bicyclic) bond motifs is 1. The van der Waals surface area contributed by atoms with Crippen LogP contribution < -0.4 is 15.8 Å². The zero-order valence-electron chi connectivity index (χ0n) is 18.9. The number of rotatable bonds is 5. The smallest absolute Gasteiger partial charge is 0.356 e. The van der Waals surface area contributed by atoms with Crippen molar-refractivity contribution in [2.24, 2.45) is 5.41 Å². The average Bonchev–Trinajstić information content (AvgIpc) is 3.26. The number of aromatic nitrogens is 3. The summed E-state index contributed by atoms with van der Waals surface area (Å²) in [4.78, 5) is 36.0. The number of hydrogen-bond acceptors (Lipinski definition) is 6. The first-order chi connectivity index (χ1) is 16.2. The summed E-state index contributed by atoms with van der Waals surface area (Å²) in [6.45, 7) is 5.50. The van der Waals surface area contributed by atoms with Crippen LogP contribution in [0, 0.1) is 12.3 Å². The van der Waals surface area contributed by atoms with E-state index in [0.29, 0.717) is 38.7 Å². The molecule has 0 radical (unpaired) electrons. The molecule has 3 aromatic heterocycles. The summed E-state index contributed by atoms with van der Waals surface area (Å²) in [6, 6.07) is 4.41. The van der Waals surface area contributed by atoms with Gasteiger partial charge in [-0.3, -0.25) is 9.20 Å². The number of aromatic carboxylic acids is 1. The van der Waals surface area contributed by atoms with E-state index in [9.17, 15) is 14.7 Å². The summed E-state index contributed by atoms with van der Waals surface area (Å²) >= 11 is 12.3. The van der Waals surface area contributed by atoms with Crippen molar-refractivity contribution in [3.8, 4) is 0 Å². The lowest BCUT2D eigenvalue weighted by Gasteiger charge is -2.49. The predicted molar refractivity (Wildman–Crippen MR) is 133 cm³/mol. The number of hydrogen-bond donors (Lipinski definition) is 2. The van der Waals surface area contributed by atoms with E-state index in [1.54, 1.807) is 25.3 Å². The Balaban J connectivity index is 1.55.